The molecule has 10 nitrogen and oxygen atoms in total. The number of rotatable bonds is 7. The molecule has 0 spiro atoms. The number of aliphatic hydroxyl groups is 1. The Hall–Kier alpha value is -2.20. The lowest BCUT2D eigenvalue weighted by Crippen LogP contribution is -2.51. The van der Waals surface area contributed by atoms with E-state index in [0.717, 1.165) is 0 Å². The molecule has 1 rings (SSSR count). The third kappa shape index (κ3) is 5.00. The topological polar surface area (TPSA) is 164 Å². The Morgan fingerprint density at radius 2 is 2.10 bits per heavy atom. The van der Waals surface area contributed by atoms with Crippen LogP contribution in [0.4, 0.5) is 4.79 Å². The first-order chi connectivity index (χ1) is 9.85. The standard InChI is InChI=1S/C11H19N5O5/c1-3-6(12)9-16-15-7(21-9)4-13-11(20)14-8(5(2)17)10(18)19/h5-6,8,17H,3-4,12H2,1-2H3,(H,18,19)(H2,13,14,20). The van der Waals surface area contributed by atoms with E-state index in [1.807, 2.05) is 6.92 Å². The summed E-state index contributed by atoms with van der Waals surface area (Å²) < 4.78 is 5.23. The van der Waals surface area contributed by atoms with Gasteiger partial charge in [-0.1, -0.05) is 6.92 Å². The van der Waals surface area contributed by atoms with Crippen LogP contribution < -0.4 is 16.4 Å². The van der Waals surface area contributed by atoms with E-state index in [-0.39, 0.29) is 24.4 Å². The van der Waals surface area contributed by atoms with Gasteiger partial charge < -0.3 is 31.0 Å². The molecule has 0 aliphatic heterocycles. The van der Waals surface area contributed by atoms with Gasteiger partial charge in [0.15, 0.2) is 6.04 Å². The lowest BCUT2D eigenvalue weighted by molar-refractivity contribution is -0.141. The summed E-state index contributed by atoms with van der Waals surface area (Å²) >= 11 is 0. The smallest absolute Gasteiger partial charge is 0.328 e. The highest BCUT2D eigenvalue weighted by molar-refractivity contribution is 5.82. The number of aromatic nitrogens is 2. The second kappa shape index (κ2) is 7.55. The molecule has 0 radical (unpaired) electrons. The zero-order chi connectivity index (χ0) is 16.0. The number of carboxylic acids is 1. The molecule has 1 aromatic rings. The molecule has 2 amide bonds. The Balaban J connectivity index is 2.49. The minimum atomic E-state index is -1.41. The molecule has 3 atom stereocenters. The number of carboxylic acid groups (broad SMARTS) is 1. The van der Waals surface area contributed by atoms with Crippen molar-refractivity contribution in [2.24, 2.45) is 5.73 Å². The minimum Gasteiger partial charge on any atom is -0.480 e. The average molecular weight is 301 g/mol. The third-order valence-electron chi connectivity index (χ3n) is 2.67. The summed E-state index contributed by atoms with van der Waals surface area (Å²) in [5.41, 5.74) is 5.71. The lowest BCUT2D eigenvalue weighted by atomic mass is 10.2. The number of nitrogens with two attached hydrogens (primary N) is 1. The highest BCUT2D eigenvalue weighted by Gasteiger charge is 2.25. The molecule has 0 aromatic carbocycles. The van der Waals surface area contributed by atoms with Crippen LogP contribution in [0.5, 0.6) is 0 Å². The zero-order valence-electron chi connectivity index (χ0n) is 11.7. The fourth-order valence-electron chi connectivity index (χ4n) is 1.40. The molecule has 0 fully saturated rings. The molecule has 0 aliphatic rings. The zero-order valence-corrected chi connectivity index (χ0v) is 11.7. The Bertz CT molecular complexity index is 489. The molecule has 1 heterocycles. The van der Waals surface area contributed by atoms with Crippen LogP contribution in [0, 0.1) is 0 Å². The second-order valence-corrected chi connectivity index (χ2v) is 4.43. The summed E-state index contributed by atoms with van der Waals surface area (Å²) in [6, 6.07) is -2.55. The van der Waals surface area contributed by atoms with E-state index in [9.17, 15) is 14.7 Å². The Labute approximate surface area is 120 Å². The summed E-state index contributed by atoms with van der Waals surface area (Å²) in [6.45, 7) is 3.04. The molecule has 0 aliphatic carbocycles. The molecule has 1 aromatic heterocycles. The van der Waals surface area contributed by atoms with Crippen molar-refractivity contribution in [1.82, 2.24) is 20.8 Å². The van der Waals surface area contributed by atoms with Crippen molar-refractivity contribution in [2.45, 2.75) is 45.0 Å². The summed E-state index contributed by atoms with van der Waals surface area (Å²) in [4.78, 5) is 22.3. The van der Waals surface area contributed by atoms with Gasteiger partial charge in [-0.15, -0.1) is 10.2 Å². The van der Waals surface area contributed by atoms with Crippen LogP contribution in [-0.2, 0) is 11.3 Å². The first kappa shape index (κ1) is 16.9. The van der Waals surface area contributed by atoms with Crippen molar-refractivity contribution in [3.63, 3.8) is 0 Å². The highest BCUT2D eigenvalue weighted by Crippen LogP contribution is 2.11. The lowest BCUT2D eigenvalue weighted by Gasteiger charge is -2.16. The summed E-state index contributed by atoms with van der Waals surface area (Å²) in [6.07, 6.45) is -0.602. The molecular weight excluding hydrogens is 282 g/mol. The van der Waals surface area contributed by atoms with Crippen molar-refractivity contribution in [1.29, 1.82) is 0 Å². The summed E-state index contributed by atoms with van der Waals surface area (Å²) in [5.74, 6) is -0.927. The quantitative estimate of drug-likeness (QED) is 0.433. The normalized spacial score (nSPS) is 15.0. The average Bonchev–Trinajstić information content (AvgIpc) is 2.89. The first-order valence-electron chi connectivity index (χ1n) is 6.38. The monoisotopic (exact) mass is 301 g/mol. The molecule has 0 saturated heterocycles. The van der Waals surface area contributed by atoms with Crippen molar-refractivity contribution in [3.8, 4) is 0 Å². The van der Waals surface area contributed by atoms with Gasteiger partial charge in [0.05, 0.1) is 18.7 Å². The number of aliphatic hydroxyl groups excluding tert-OH is 1. The maximum absolute atomic E-state index is 11.5. The van der Waals surface area contributed by atoms with Crippen LogP contribution in [0.2, 0.25) is 0 Å². The number of carbonyl (C=O) groups excluding carboxylic acids is 1. The van der Waals surface area contributed by atoms with Gasteiger partial charge in [0.1, 0.15) is 0 Å². The van der Waals surface area contributed by atoms with E-state index in [4.69, 9.17) is 15.3 Å². The molecular formula is C11H19N5O5. The van der Waals surface area contributed by atoms with E-state index in [2.05, 4.69) is 20.8 Å². The molecule has 118 valence electrons. The van der Waals surface area contributed by atoms with Crippen LogP contribution in [0.25, 0.3) is 0 Å². The first-order valence-corrected chi connectivity index (χ1v) is 6.38. The van der Waals surface area contributed by atoms with E-state index in [0.29, 0.717) is 6.42 Å². The van der Waals surface area contributed by atoms with Crippen LogP contribution in [0.3, 0.4) is 0 Å². The van der Waals surface area contributed by atoms with Gasteiger partial charge in [-0.3, -0.25) is 0 Å². The predicted molar refractivity (Wildman–Crippen MR) is 70.0 cm³/mol. The van der Waals surface area contributed by atoms with Gasteiger partial charge in [0, 0.05) is 0 Å². The van der Waals surface area contributed by atoms with Gasteiger partial charge in [-0.05, 0) is 13.3 Å². The van der Waals surface area contributed by atoms with Gasteiger partial charge >= 0.3 is 12.0 Å². The molecule has 6 N–H and O–H groups in total. The van der Waals surface area contributed by atoms with Crippen LogP contribution in [-0.4, -0.2) is 44.6 Å². The molecule has 0 bridgehead atoms. The second-order valence-electron chi connectivity index (χ2n) is 4.43. The van der Waals surface area contributed by atoms with Crippen LogP contribution in [0.1, 0.15) is 38.1 Å². The number of hydrogen-bond acceptors (Lipinski definition) is 7. The van der Waals surface area contributed by atoms with E-state index in [1.54, 1.807) is 0 Å². The fraction of sp³-hybridized carbons (Fsp3) is 0.636. The van der Waals surface area contributed by atoms with Crippen LogP contribution in [0.15, 0.2) is 4.42 Å². The van der Waals surface area contributed by atoms with E-state index >= 15 is 0 Å². The van der Waals surface area contributed by atoms with Gasteiger partial charge in [0.2, 0.25) is 11.8 Å². The van der Waals surface area contributed by atoms with Gasteiger partial charge in [0.25, 0.3) is 0 Å². The third-order valence-corrected chi connectivity index (χ3v) is 2.67. The molecule has 10 heteroatoms. The van der Waals surface area contributed by atoms with Crippen LogP contribution >= 0.6 is 0 Å². The number of hydrogen-bond donors (Lipinski definition) is 5. The van der Waals surface area contributed by atoms with Crippen molar-refractivity contribution < 1.29 is 24.2 Å². The maximum Gasteiger partial charge on any atom is 0.328 e. The number of carbonyl (C=O) groups is 2. The molecule has 3 unspecified atom stereocenters. The largest absolute Gasteiger partial charge is 0.480 e. The molecule has 21 heavy (non-hydrogen) atoms. The summed E-state index contributed by atoms with van der Waals surface area (Å²) in [5, 5.41) is 29.9. The van der Waals surface area contributed by atoms with Crippen molar-refractivity contribution in [2.75, 3.05) is 0 Å². The van der Waals surface area contributed by atoms with Crippen molar-refractivity contribution in [3.05, 3.63) is 11.8 Å². The van der Waals surface area contributed by atoms with Gasteiger partial charge in [-0.2, -0.15) is 0 Å². The molecule has 0 saturated carbocycles. The number of aliphatic carboxylic acids is 1. The maximum atomic E-state index is 11.5. The predicted octanol–water partition coefficient (Wildman–Crippen LogP) is -0.887. The van der Waals surface area contributed by atoms with E-state index < -0.39 is 24.1 Å². The summed E-state index contributed by atoms with van der Waals surface area (Å²) in [7, 11) is 0. The SMILES string of the molecule is CCC(N)c1nnc(CNC(=O)NC(C(=O)O)C(C)O)o1. The Morgan fingerprint density at radius 3 is 2.62 bits per heavy atom. The number of nitrogens with one attached hydrogen (secondary N) is 2. The van der Waals surface area contributed by atoms with Gasteiger partial charge in [-0.25, -0.2) is 9.59 Å². The van der Waals surface area contributed by atoms with Crippen molar-refractivity contribution >= 4 is 12.0 Å². The number of urea groups is 1. The minimum absolute atomic E-state index is 0.0819. The Kier molecular flexibility index (Phi) is 6.06. The highest BCUT2D eigenvalue weighted by atomic mass is 16.4. The number of nitrogens with zero attached hydrogens (tertiary/aromatic N) is 2. The number of amides is 2. The van der Waals surface area contributed by atoms with E-state index in [1.165, 1.54) is 6.92 Å². The fourth-order valence-corrected chi connectivity index (χ4v) is 1.40. The Morgan fingerprint density at radius 1 is 1.43 bits per heavy atom.